The summed E-state index contributed by atoms with van der Waals surface area (Å²) in [4.78, 5) is 33.9. The lowest BCUT2D eigenvalue weighted by molar-refractivity contribution is -0.143. The van der Waals surface area contributed by atoms with Crippen molar-refractivity contribution in [2.45, 2.75) is 18.7 Å². The highest BCUT2D eigenvalue weighted by Gasteiger charge is 2.59. The van der Waals surface area contributed by atoms with Crippen LogP contribution in [-0.4, -0.2) is 27.9 Å². The van der Waals surface area contributed by atoms with E-state index < -0.39 is 18.1 Å². The van der Waals surface area contributed by atoms with Crippen molar-refractivity contribution in [2.75, 3.05) is 5.06 Å². The van der Waals surface area contributed by atoms with Gasteiger partial charge in [-0.25, -0.2) is 5.06 Å². The van der Waals surface area contributed by atoms with Gasteiger partial charge in [0.05, 0.1) is 18.3 Å². The second kappa shape index (κ2) is 7.31. The first-order valence-corrected chi connectivity index (χ1v) is 9.82. The summed E-state index contributed by atoms with van der Waals surface area (Å²) in [5.74, 6) is -1.09. The number of aromatic hydroxyl groups is 1. The summed E-state index contributed by atoms with van der Waals surface area (Å²) < 4.78 is 0. The Morgan fingerprint density at radius 3 is 2.10 bits per heavy atom. The monoisotopic (exact) mass is 400 g/mol. The highest BCUT2D eigenvalue weighted by Crippen LogP contribution is 2.47. The summed E-state index contributed by atoms with van der Waals surface area (Å²) in [7, 11) is 0. The molecule has 3 atom stereocenters. The van der Waals surface area contributed by atoms with Crippen LogP contribution in [0.15, 0.2) is 84.9 Å². The van der Waals surface area contributed by atoms with Crippen LogP contribution in [0.3, 0.4) is 0 Å². The normalized spacial score (nSPS) is 23.1. The molecular formula is C24H20N2O4. The van der Waals surface area contributed by atoms with Crippen molar-refractivity contribution in [3.8, 4) is 5.75 Å². The van der Waals surface area contributed by atoms with Gasteiger partial charge in [-0.05, 0) is 35.4 Å². The zero-order valence-electron chi connectivity index (χ0n) is 16.1. The van der Waals surface area contributed by atoms with Gasteiger partial charge in [0.15, 0.2) is 6.10 Å². The predicted octanol–water partition coefficient (Wildman–Crippen LogP) is 3.44. The molecule has 0 spiro atoms. The molecule has 0 aliphatic carbocycles. The SMILES string of the molecule is O=C1[C@@H]2[C@@H](c3ccc(O)cc3)N(c3ccccc3)O[C@H]2C(=O)N1Cc1ccccc1. The highest BCUT2D eigenvalue weighted by atomic mass is 16.7. The minimum Gasteiger partial charge on any atom is -0.508 e. The van der Waals surface area contributed by atoms with Crippen molar-refractivity contribution in [3.63, 3.8) is 0 Å². The van der Waals surface area contributed by atoms with Crippen LogP contribution >= 0.6 is 0 Å². The number of rotatable bonds is 4. The number of phenols is 1. The molecule has 2 amide bonds. The van der Waals surface area contributed by atoms with E-state index in [-0.39, 0.29) is 24.1 Å². The predicted molar refractivity (Wildman–Crippen MR) is 110 cm³/mol. The number of carbonyl (C=O) groups is 2. The number of likely N-dealkylation sites (tertiary alicyclic amines) is 1. The molecule has 0 unspecified atom stereocenters. The van der Waals surface area contributed by atoms with Crippen LogP contribution in [0, 0.1) is 5.92 Å². The third-order valence-corrected chi connectivity index (χ3v) is 5.64. The molecular weight excluding hydrogens is 380 g/mol. The first-order chi connectivity index (χ1) is 14.6. The van der Waals surface area contributed by atoms with Gasteiger partial charge in [0.1, 0.15) is 11.7 Å². The van der Waals surface area contributed by atoms with Gasteiger partial charge in [-0.15, -0.1) is 0 Å². The largest absolute Gasteiger partial charge is 0.508 e. The summed E-state index contributed by atoms with van der Waals surface area (Å²) >= 11 is 0. The number of benzene rings is 3. The Balaban J connectivity index is 1.52. The molecule has 5 rings (SSSR count). The molecule has 3 aromatic carbocycles. The van der Waals surface area contributed by atoms with Crippen LogP contribution in [0.25, 0.3) is 0 Å². The maximum atomic E-state index is 13.4. The number of nitrogens with zero attached hydrogens (tertiary/aromatic N) is 2. The van der Waals surface area contributed by atoms with Crippen molar-refractivity contribution < 1.29 is 19.5 Å². The molecule has 0 radical (unpaired) electrons. The number of hydrogen-bond donors (Lipinski definition) is 1. The third kappa shape index (κ3) is 3.02. The smallest absolute Gasteiger partial charge is 0.262 e. The summed E-state index contributed by atoms with van der Waals surface area (Å²) in [6, 6.07) is 25.1. The first-order valence-electron chi connectivity index (χ1n) is 9.82. The highest BCUT2D eigenvalue weighted by molar-refractivity contribution is 6.07. The van der Waals surface area contributed by atoms with E-state index in [1.807, 2.05) is 60.7 Å². The minimum absolute atomic E-state index is 0.139. The van der Waals surface area contributed by atoms with E-state index in [1.54, 1.807) is 29.3 Å². The molecule has 2 saturated heterocycles. The van der Waals surface area contributed by atoms with Gasteiger partial charge < -0.3 is 5.11 Å². The van der Waals surface area contributed by atoms with Crippen molar-refractivity contribution in [1.29, 1.82) is 0 Å². The van der Waals surface area contributed by atoms with E-state index in [4.69, 9.17) is 4.84 Å². The molecule has 30 heavy (non-hydrogen) atoms. The average Bonchev–Trinajstić information content (AvgIpc) is 3.28. The quantitative estimate of drug-likeness (QED) is 0.680. The number of para-hydroxylation sites is 1. The third-order valence-electron chi connectivity index (χ3n) is 5.64. The second-order valence-corrected chi connectivity index (χ2v) is 7.50. The first kappa shape index (κ1) is 18.4. The maximum Gasteiger partial charge on any atom is 0.262 e. The van der Waals surface area contributed by atoms with E-state index in [2.05, 4.69) is 0 Å². The second-order valence-electron chi connectivity index (χ2n) is 7.50. The van der Waals surface area contributed by atoms with Crippen LogP contribution in [0.2, 0.25) is 0 Å². The standard InChI is InChI=1S/C24H20N2O4/c27-19-13-11-17(12-14-19)21-20-22(30-26(21)18-9-5-2-6-10-18)24(29)25(23(20)28)15-16-7-3-1-4-8-16/h1-14,20-22,27H,15H2/t20-,21-,22-/m1/s1. The Kier molecular flexibility index (Phi) is 4.48. The number of hydrogen-bond acceptors (Lipinski definition) is 5. The number of hydroxylamine groups is 1. The minimum atomic E-state index is -0.875. The van der Waals surface area contributed by atoms with Crippen molar-refractivity contribution >= 4 is 17.5 Å². The van der Waals surface area contributed by atoms with Gasteiger partial charge in [-0.3, -0.25) is 19.3 Å². The van der Waals surface area contributed by atoms with Crippen LogP contribution in [0.1, 0.15) is 17.2 Å². The van der Waals surface area contributed by atoms with Crippen LogP contribution in [0.5, 0.6) is 5.75 Å². The lowest BCUT2D eigenvalue weighted by atomic mass is 9.90. The van der Waals surface area contributed by atoms with Crippen molar-refractivity contribution in [2.24, 2.45) is 5.92 Å². The summed E-state index contributed by atoms with van der Waals surface area (Å²) in [5.41, 5.74) is 2.45. The van der Waals surface area contributed by atoms with Crippen LogP contribution in [-0.2, 0) is 21.0 Å². The molecule has 1 N–H and O–H groups in total. The Morgan fingerprint density at radius 2 is 1.43 bits per heavy atom. The van der Waals surface area contributed by atoms with Gasteiger partial charge in [-0.1, -0.05) is 60.7 Å². The molecule has 2 heterocycles. The fourth-order valence-electron chi connectivity index (χ4n) is 4.20. The van der Waals surface area contributed by atoms with Crippen molar-refractivity contribution in [1.82, 2.24) is 4.90 Å². The van der Waals surface area contributed by atoms with Gasteiger partial charge >= 0.3 is 0 Å². The van der Waals surface area contributed by atoms with Gasteiger partial charge in [0.25, 0.3) is 5.91 Å². The number of amides is 2. The fourth-order valence-corrected chi connectivity index (χ4v) is 4.20. The molecule has 0 aromatic heterocycles. The van der Waals surface area contributed by atoms with Crippen molar-refractivity contribution in [3.05, 3.63) is 96.1 Å². The van der Waals surface area contributed by atoms with Crippen LogP contribution in [0.4, 0.5) is 5.69 Å². The molecule has 6 heteroatoms. The Morgan fingerprint density at radius 1 is 0.800 bits per heavy atom. The average molecular weight is 400 g/mol. The molecule has 150 valence electrons. The fraction of sp³-hybridized carbons (Fsp3) is 0.167. The van der Waals surface area contributed by atoms with E-state index in [0.717, 1.165) is 16.8 Å². The van der Waals surface area contributed by atoms with E-state index in [9.17, 15) is 14.7 Å². The lowest BCUT2D eigenvalue weighted by Crippen LogP contribution is -2.36. The lowest BCUT2D eigenvalue weighted by Gasteiger charge is -2.28. The molecule has 2 aliphatic heterocycles. The van der Waals surface area contributed by atoms with Gasteiger partial charge in [0, 0.05) is 0 Å². The Bertz CT molecular complexity index is 1070. The number of phenolic OH excluding ortho intramolecular Hbond substituents is 1. The summed E-state index contributed by atoms with van der Waals surface area (Å²) in [6.07, 6.45) is -0.875. The number of carbonyl (C=O) groups excluding carboxylic acids is 2. The maximum absolute atomic E-state index is 13.4. The molecule has 2 aliphatic rings. The van der Waals surface area contributed by atoms with E-state index >= 15 is 0 Å². The van der Waals surface area contributed by atoms with E-state index in [0.29, 0.717) is 0 Å². The zero-order valence-corrected chi connectivity index (χ0v) is 16.1. The Labute approximate surface area is 173 Å². The summed E-state index contributed by atoms with van der Waals surface area (Å²) in [5, 5.41) is 11.3. The number of fused-ring (bicyclic) bond motifs is 1. The molecule has 3 aromatic rings. The number of anilines is 1. The van der Waals surface area contributed by atoms with Gasteiger partial charge in [0.2, 0.25) is 5.91 Å². The topological polar surface area (TPSA) is 70.1 Å². The molecule has 2 fully saturated rings. The molecule has 0 bridgehead atoms. The Hall–Kier alpha value is -3.64. The molecule has 6 nitrogen and oxygen atoms in total. The van der Waals surface area contributed by atoms with Crippen LogP contribution < -0.4 is 5.06 Å². The van der Waals surface area contributed by atoms with E-state index in [1.165, 1.54) is 4.90 Å². The van der Waals surface area contributed by atoms with Gasteiger partial charge in [-0.2, -0.15) is 0 Å². The zero-order chi connectivity index (χ0) is 20.7. The molecule has 0 saturated carbocycles. The number of imide groups is 1. The summed E-state index contributed by atoms with van der Waals surface area (Å²) in [6.45, 7) is 0.225.